The van der Waals surface area contributed by atoms with Gasteiger partial charge in [0.15, 0.2) is 9.84 Å². The van der Waals surface area contributed by atoms with Crippen LogP contribution in [0, 0.1) is 0 Å². The third-order valence-corrected chi connectivity index (χ3v) is 5.68. The molecule has 0 bridgehead atoms. The summed E-state index contributed by atoms with van der Waals surface area (Å²) in [5, 5.41) is 11.2. The summed E-state index contributed by atoms with van der Waals surface area (Å²) >= 11 is 0. The number of carbonyl (C=O) groups excluding carboxylic acids is 1. The minimum absolute atomic E-state index is 0.348. The lowest BCUT2D eigenvalue weighted by Gasteiger charge is -2.15. The van der Waals surface area contributed by atoms with Crippen LogP contribution in [0.3, 0.4) is 0 Å². The third-order valence-electron chi connectivity index (χ3n) is 4.17. The van der Waals surface area contributed by atoms with Gasteiger partial charge >= 0.3 is 0 Å². The van der Waals surface area contributed by atoms with Crippen molar-refractivity contribution in [3.8, 4) is 5.75 Å². The van der Waals surface area contributed by atoms with Gasteiger partial charge in [-0.2, -0.15) is 0 Å². The van der Waals surface area contributed by atoms with Crippen LogP contribution < -0.4 is 10.1 Å². The van der Waals surface area contributed by atoms with E-state index in [-0.39, 0.29) is 0 Å². The molecule has 0 unspecified atom stereocenters. The van der Waals surface area contributed by atoms with Crippen molar-refractivity contribution in [1.29, 1.82) is 0 Å². The van der Waals surface area contributed by atoms with E-state index in [1.165, 1.54) is 18.4 Å². The Hall–Kier alpha value is -1.64. The number of nitrogens with zero attached hydrogens (tertiary/aromatic N) is 1. The molecule has 0 aromatic heterocycles. The molecule has 0 aliphatic carbocycles. The molecule has 8 heteroatoms. The highest BCUT2D eigenvalue weighted by atomic mass is 32.2. The summed E-state index contributed by atoms with van der Waals surface area (Å²) in [5.74, 6) is -0.728. The van der Waals surface area contributed by atoms with Crippen LogP contribution >= 0.6 is 0 Å². The van der Waals surface area contributed by atoms with Gasteiger partial charge in [-0.3, -0.25) is 9.69 Å². The summed E-state index contributed by atoms with van der Waals surface area (Å²) in [6.45, 7) is 3.56. The Kier molecular flexibility index (Phi) is 8.34. The molecule has 0 atom stereocenters. The van der Waals surface area contributed by atoms with Crippen LogP contribution in [0.15, 0.2) is 24.3 Å². The Morgan fingerprint density at radius 1 is 1.27 bits per heavy atom. The molecule has 146 valence electrons. The molecule has 1 aliphatic heterocycles. The molecule has 7 nitrogen and oxygen atoms in total. The first-order chi connectivity index (χ1) is 12.5. The molecule has 1 aromatic carbocycles. The number of amides is 1. The summed E-state index contributed by atoms with van der Waals surface area (Å²) in [4.78, 5) is 14.0. The van der Waals surface area contributed by atoms with Crippen LogP contribution in [0.25, 0.3) is 0 Å². The molecular formula is C18H28N2O5S. The van der Waals surface area contributed by atoms with Crippen LogP contribution in [-0.4, -0.2) is 68.7 Å². The van der Waals surface area contributed by atoms with Gasteiger partial charge in [0, 0.05) is 13.1 Å². The Balaban J connectivity index is 1.64. The van der Waals surface area contributed by atoms with Gasteiger partial charge in [0.2, 0.25) is 5.91 Å². The van der Waals surface area contributed by atoms with Crippen LogP contribution in [0.5, 0.6) is 5.75 Å². The monoisotopic (exact) mass is 384 g/mol. The number of hydrogen-bond acceptors (Lipinski definition) is 6. The first-order valence-electron chi connectivity index (χ1n) is 9.00. The van der Waals surface area contributed by atoms with Gasteiger partial charge in [0.05, 0.1) is 19.0 Å². The third kappa shape index (κ3) is 7.72. The summed E-state index contributed by atoms with van der Waals surface area (Å²) in [6, 6.07) is 8.03. The van der Waals surface area contributed by atoms with Gasteiger partial charge in [0.25, 0.3) is 0 Å². The molecule has 1 amide bonds. The quantitative estimate of drug-likeness (QED) is 0.542. The zero-order chi connectivity index (χ0) is 18.8. The minimum atomic E-state index is -3.53. The van der Waals surface area contributed by atoms with Crippen LogP contribution in [-0.2, 0) is 21.2 Å². The molecule has 2 rings (SSSR count). The maximum absolute atomic E-state index is 11.6. The zero-order valence-corrected chi connectivity index (χ0v) is 15.8. The fourth-order valence-corrected chi connectivity index (χ4v) is 3.81. The predicted molar refractivity (Wildman–Crippen MR) is 99.8 cm³/mol. The number of rotatable bonds is 11. The highest BCUT2D eigenvalue weighted by Crippen LogP contribution is 2.17. The summed E-state index contributed by atoms with van der Waals surface area (Å²) < 4.78 is 28.6. The molecule has 2 N–H and O–H groups in total. The smallest absolute Gasteiger partial charge is 0.235 e. The highest BCUT2D eigenvalue weighted by Gasteiger charge is 2.15. The number of carbonyl (C=O) groups is 1. The maximum Gasteiger partial charge on any atom is 0.235 e. The predicted octanol–water partition coefficient (Wildman–Crippen LogP) is 0.575. The minimum Gasteiger partial charge on any atom is -0.494 e. The molecule has 1 heterocycles. The fourth-order valence-electron chi connectivity index (χ4n) is 2.88. The van der Waals surface area contributed by atoms with Crippen molar-refractivity contribution in [2.45, 2.75) is 25.8 Å². The standard InChI is InChI=1S/C18H28N2O5S/c21-10-12-26(23,24)15-18(22)19-7-4-11-25-17-6-3-5-16(13-17)14-20-8-1-2-9-20/h3,5-6,13,21H,1-2,4,7-12,14-15H2,(H,19,22). The molecule has 0 radical (unpaired) electrons. The summed E-state index contributed by atoms with van der Waals surface area (Å²) in [7, 11) is -3.53. The molecule has 1 aliphatic rings. The molecule has 1 aromatic rings. The van der Waals surface area contributed by atoms with Gasteiger partial charge in [-0.15, -0.1) is 0 Å². The first kappa shape index (κ1) is 20.7. The average molecular weight is 384 g/mol. The van der Waals surface area contributed by atoms with Crippen LogP contribution in [0.1, 0.15) is 24.8 Å². The second kappa shape index (κ2) is 10.5. The Morgan fingerprint density at radius 2 is 2.04 bits per heavy atom. The van der Waals surface area contributed by atoms with E-state index in [4.69, 9.17) is 9.84 Å². The molecule has 26 heavy (non-hydrogen) atoms. The second-order valence-electron chi connectivity index (χ2n) is 6.50. The van der Waals surface area contributed by atoms with Gasteiger partial charge < -0.3 is 15.2 Å². The topological polar surface area (TPSA) is 95.9 Å². The molecule has 1 saturated heterocycles. The van der Waals surface area contributed by atoms with E-state index in [0.717, 1.165) is 25.4 Å². The van der Waals surface area contributed by atoms with Crippen molar-refractivity contribution in [3.63, 3.8) is 0 Å². The van der Waals surface area contributed by atoms with Gasteiger partial charge in [-0.25, -0.2) is 8.42 Å². The molecular weight excluding hydrogens is 356 g/mol. The molecule has 0 spiro atoms. The van der Waals surface area contributed by atoms with Crippen molar-refractivity contribution >= 4 is 15.7 Å². The number of ether oxygens (including phenoxy) is 1. The SMILES string of the molecule is O=C(CS(=O)(=O)CCO)NCCCOc1cccc(CN2CCCC2)c1. The van der Waals surface area contributed by atoms with Crippen molar-refractivity contribution in [1.82, 2.24) is 10.2 Å². The van der Waals surface area contributed by atoms with Gasteiger partial charge in [0.1, 0.15) is 11.5 Å². The second-order valence-corrected chi connectivity index (χ2v) is 8.68. The number of hydrogen-bond donors (Lipinski definition) is 2. The van der Waals surface area contributed by atoms with Crippen LogP contribution in [0.2, 0.25) is 0 Å². The van der Waals surface area contributed by atoms with Crippen molar-refractivity contribution in [3.05, 3.63) is 29.8 Å². The number of likely N-dealkylation sites (tertiary alicyclic amines) is 1. The summed E-state index contributed by atoms with van der Waals surface area (Å²) in [6.07, 6.45) is 3.12. The number of benzene rings is 1. The lowest BCUT2D eigenvalue weighted by atomic mass is 10.2. The average Bonchev–Trinajstić information content (AvgIpc) is 3.07. The first-order valence-corrected chi connectivity index (χ1v) is 10.8. The lowest BCUT2D eigenvalue weighted by molar-refractivity contribution is -0.118. The summed E-state index contributed by atoms with van der Waals surface area (Å²) in [5.41, 5.74) is 1.23. The zero-order valence-electron chi connectivity index (χ0n) is 15.0. The maximum atomic E-state index is 11.6. The van der Waals surface area contributed by atoms with E-state index in [2.05, 4.69) is 16.3 Å². The van der Waals surface area contributed by atoms with E-state index in [9.17, 15) is 13.2 Å². The molecule has 0 saturated carbocycles. The Bertz CT molecular complexity index is 672. The van der Waals surface area contributed by atoms with Crippen molar-refractivity contribution < 1.29 is 23.1 Å². The Morgan fingerprint density at radius 3 is 2.77 bits per heavy atom. The van der Waals surface area contributed by atoms with E-state index >= 15 is 0 Å². The van der Waals surface area contributed by atoms with Gasteiger partial charge in [-0.05, 0) is 50.0 Å². The van der Waals surface area contributed by atoms with Gasteiger partial charge in [-0.1, -0.05) is 12.1 Å². The number of sulfone groups is 1. The van der Waals surface area contributed by atoms with Crippen molar-refractivity contribution in [2.24, 2.45) is 0 Å². The number of nitrogens with one attached hydrogen (secondary N) is 1. The fraction of sp³-hybridized carbons (Fsp3) is 0.611. The van der Waals surface area contributed by atoms with E-state index in [1.54, 1.807) is 0 Å². The lowest BCUT2D eigenvalue weighted by Crippen LogP contribution is -2.33. The number of aliphatic hydroxyl groups is 1. The Labute approximate surface area is 155 Å². The van der Waals surface area contributed by atoms with E-state index < -0.39 is 33.9 Å². The van der Waals surface area contributed by atoms with E-state index in [1.807, 2.05) is 18.2 Å². The van der Waals surface area contributed by atoms with Crippen molar-refractivity contribution in [2.75, 3.05) is 44.4 Å². The normalized spacial score (nSPS) is 15.1. The largest absolute Gasteiger partial charge is 0.494 e. The molecule has 1 fully saturated rings. The number of aliphatic hydroxyl groups excluding tert-OH is 1. The van der Waals surface area contributed by atoms with Crippen LogP contribution in [0.4, 0.5) is 0 Å². The van der Waals surface area contributed by atoms with E-state index in [0.29, 0.717) is 19.6 Å². The highest BCUT2D eigenvalue weighted by molar-refractivity contribution is 7.92.